The van der Waals surface area contributed by atoms with Crippen LogP contribution in [0.5, 0.6) is 0 Å². The number of nitrogens with zero attached hydrogens (tertiary/aromatic N) is 3. The van der Waals surface area contributed by atoms with Crippen molar-refractivity contribution in [2.24, 2.45) is 0 Å². The van der Waals surface area contributed by atoms with Crippen LogP contribution in [-0.4, -0.2) is 59.3 Å². The lowest BCUT2D eigenvalue weighted by molar-refractivity contribution is -0.385. The number of carbonyl (C=O) groups is 2. The maximum absolute atomic E-state index is 12.2. The third kappa shape index (κ3) is 7.30. The van der Waals surface area contributed by atoms with E-state index in [4.69, 9.17) is 0 Å². The van der Waals surface area contributed by atoms with E-state index in [1.54, 1.807) is 37.2 Å². The minimum atomic E-state index is -0.437. The van der Waals surface area contributed by atoms with Crippen LogP contribution in [0.2, 0.25) is 0 Å². The zero-order chi connectivity index (χ0) is 19.2. The van der Waals surface area contributed by atoms with Gasteiger partial charge < -0.3 is 10.2 Å². The van der Waals surface area contributed by atoms with Gasteiger partial charge in [0.15, 0.2) is 0 Å². The van der Waals surface area contributed by atoms with Gasteiger partial charge in [0.2, 0.25) is 11.8 Å². The molecule has 8 nitrogen and oxygen atoms in total. The first kappa shape index (κ1) is 20.6. The Labute approximate surface area is 147 Å². The first-order chi connectivity index (χ1) is 11.5. The molecule has 0 aliphatic heterocycles. The van der Waals surface area contributed by atoms with E-state index >= 15 is 0 Å². The fourth-order valence-corrected chi connectivity index (χ4v) is 2.28. The Morgan fingerprint density at radius 1 is 1.16 bits per heavy atom. The molecule has 2 amide bonds. The molecule has 8 heteroatoms. The van der Waals surface area contributed by atoms with E-state index in [2.05, 4.69) is 5.32 Å². The third-order valence-corrected chi connectivity index (χ3v) is 3.35. The van der Waals surface area contributed by atoms with Gasteiger partial charge >= 0.3 is 0 Å². The summed E-state index contributed by atoms with van der Waals surface area (Å²) in [7, 11) is 3.26. The van der Waals surface area contributed by atoms with Crippen LogP contribution in [-0.2, 0) is 16.1 Å². The fraction of sp³-hybridized carbons (Fsp3) is 0.529. The van der Waals surface area contributed by atoms with Crippen LogP contribution in [0.4, 0.5) is 5.69 Å². The summed E-state index contributed by atoms with van der Waals surface area (Å²) in [6.07, 6.45) is 0. The Bertz CT molecular complexity index is 640. The first-order valence-corrected chi connectivity index (χ1v) is 7.95. The van der Waals surface area contributed by atoms with Crippen molar-refractivity contribution >= 4 is 17.5 Å². The van der Waals surface area contributed by atoms with E-state index in [9.17, 15) is 19.7 Å². The van der Waals surface area contributed by atoms with Crippen molar-refractivity contribution in [3.63, 3.8) is 0 Å². The number of likely N-dealkylation sites (N-methyl/N-ethyl adjacent to an activating group) is 2. The fourth-order valence-electron chi connectivity index (χ4n) is 2.28. The topological polar surface area (TPSA) is 95.8 Å². The van der Waals surface area contributed by atoms with Crippen LogP contribution >= 0.6 is 0 Å². The molecule has 0 aromatic heterocycles. The minimum absolute atomic E-state index is 0.0275. The molecule has 0 aliphatic rings. The number of nitro benzene ring substituents is 1. The average Bonchev–Trinajstić information content (AvgIpc) is 2.45. The maximum atomic E-state index is 12.2. The lowest BCUT2D eigenvalue weighted by atomic mass is 10.1. The van der Waals surface area contributed by atoms with Gasteiger partial charge in [-0.2, -0.15) is 0 Å². The molecule has 138 valence electrons. The Morgan fingerprint density at radius 3 is 2.32 bits per heavy atom. The molecular weight excluding hydrogens is 324 g/mol. The highest BCUT2D eigenvalue weighted by atomic mass is 16.6. The second-order valence-corrected chi connectivity index (χ2v) is 7.11. The van der Waals surface area contributed by atoms with Gasteiger partial charge in [-0.15, -0.1) is 0 Å². The molecule has 0 bridgehead atoms. The normalized spacial score (nSPS) is 11.3. The molecule has 0 spiro atoms. The largest absolute Gasteiger partial charge is 0.350 e. The van der Waals surface area contributed by atoms with Crippen LogP contribution in [0.25, 0.3) is 0 Å². The number of benzene rings is 1. The Hall–Kier alpha value is -2.48. The van der Waals surface area contributed by atoms with Gasteiger partial charge in [-0.3, -0.25) is 24.6 Å². The Kier molecular flexibility index (Phi) is 7.05. The molecule has 1 rings (SSSR count). The monoisotopic (exact) mass is 350 g/mol. The van der Waals surface area contributed by atoms with Gasteiger partial charge in [-0.25, -0.2) is 0 Å². The number of hydrogen-bond donors (Lipinski definition) is 1. The highest BCUT2D eigenvalue weighted by molar-refractivity contribution is 5.85. The van der Waals surface area contributed by atoms with Crippen LogP contribution < -0.4 is 5.32 Å². The quantitative estimate of drug-likeness (QED) is 0.592. The number of carbonyl (C=O) groups excluding carboxylic acids is 2. The lowest BCUT2D eigenvalue weighted by Gasteiger charge is -2.25. The predicted molar refractivity (Wildman–Crippen MR) is 95.0 cm³/mol. The van der Waals surface area contributed by atoms with Crippen molar-refractivity contribution in [2.45, 2.75) is 32.9 Å². The van der Waals surface area contributed by atoms with Gasteiger partial charge in [0.05, 0.1) is 18.0 Å². The summed E-state index contributed by atoms with van der Waals surface area (Å²) in [5, 5.41) is 13.8. The molecular formula is C17H26N4O4. The zero-order valence-corrected chi connectivity index (χ0v) is 15.4. The van der Waals surface area contributed by atoms with E-state index in [1.165, 1.54) is 11.0 Å². The molecule has 0 heterocycles. The predicted octanol–water partition coefficient (Wildman–Crippen LogP) is 1.40. The number of para-hydroxylation sites is 1. The summed E-state index contributed by atoms with van der Waals surface area (Å²) in [6.45, 7) is 5.90. The van der Waals surface area contributed by atoms with Gasteiger partial charge in [0, 0.05) is 30.8 Å². The Morgan fingerprint density at radius 2 is 1.76 bits per heavy atom. The highest BCUT2D eigenvalue weighted by Crippen LogP contribution is 2.18. The zero-order valence-electron chi connectivity index (χ0n) is 15.4. The van der Waals surface area contributed by atoms with Crippen LogP contribution in [0.1, 0.15) is 26.3 Å². The summed E-state index contributed by atoms with van der Waals surface area (Å²) in [5.41, 5.74) is 0.208. The molecule has 0 fully saturated rings. The first-order valence-electron chi connectivity index (χ1n) is 7.95. The summed E-state index contributed by atoms with van der Waals surface area (Å²) < 4.78 is 0. The molecule has 25 heavy (non-hydrogen) atoms. The number of hydrogen-bond acceptors (Lipinski definition) is 5. The number of nitrogens with one attached hydrogen (secondary N) is 1. The van der Waals surface area contributed by atoms with Gasteiger partial charge in [0.25, 0.3) is 5.69 Å². The number of rotatable bonds is 7. The maximum Gasteiger partial charge on any atom is 0.273 e. The molecule has 0 radical (unpaired) electrons. The molecule has 0 aliphatic carbocycles. The van der Waals surface area contributed by atoms with Crippen LogP contribution in [0.3, 0.4) is 0 Å². The van der Waals surface area contributed by atoms with Gasteiger partial charge in [-0.1, -0.05) is 18.2 Å². The van der Waals surface area contributed by atoms with Crippen molar-refractivity contribution in [1.29, 1.82) is 0 Å². The standard InChI is InChI=1S/C17H26N4O4/c1-17(2,3)18-15(22)11-20(5)16(23)12-19(4)10-13-8-6-7-9-14(13)21(24)25/h6-9H,10-12H2,1-5H3,(H,18,22). The molecule has 0 saturated carbocycles. The van der Waals surface area contributed by atoms with Crippen LogP contribution in [0.15, 0.2) is 24.3 Å². The van der Waals surface area contributed by atoms with Crippen LogP contribution in [0, 0.1) is 10.1 Å². The van der Waals surface area contributed by atoms with Crippen molar-refractivity contribution in [3.05, 3.63) is 39.9 Å². The smallest absolute Gasteiger partial charge is 0.273 e. The number of nitro groups is 1. The second-order valence-electron chi connectivity index (χ2n) is 7.11. The molecule has 1 N–H and O–H groups in total. The minimum Gasteiger partial charge on any atom is -0.350 e. The molecule has 1 aromatic rings. The summed E-state index contributed by atoms with van der Waals surface area (Å²) in [5.74, 6) is -0.463. The molecule has 0 saturated heterocycles. The summed E-state index contributed by atoms with van der Waals surface area (Å²) in [4.78, 5) is 37.7. The molecule has 0 atom stereocenters. The van der Waals surface area contributed by atoms with Crippen molar-refractivity contribution < 1.29 is 14.5 Å². The molecule has 1 aromatic carbocycles. The van der Waals surface area contributed by atoms with Crippen molar-refractivity contribution in [3.8, 4) is 0 Å². The Balaban J connectivity index is 2.59. The number of amides is 2. The SMILES string of the molecule is CN(CC(=O)N(C)CC(=O)NC(C)(C)C)Cc1ccccc1[N+](=O)[O-]. The second kappa shape index (κ2) is 8.57. The van der Waals surface area contributed by atoms with Crippen molar-refractivity contribution in [2.75, 3.05) is 27.2 Å². The van der Waals surface area contributed by atoms with E-state index < -0.39 is 4.92 Å². The highest BCUT2D eigenvalue weighted by Gasteiger charge is 2.20. The van der Waals surface area contributed by atoms with E-state index in [0.29, 0.717) is 5.56 Å². The van der Waals surface area contributed by atoms with E-state index in [-0.39, 0.29) is 42.7 Å². The van der Waals surface area contributed by atoms with E-state index in [1.807, 2.05) is 20.8 Å². The van der Waals surface area contributed by atoms with Gasteiger partial charge in [-0.05, 0) is 27.8 Å². The van der Waals surface area contributed by atoms with Gasteiger partial charge in [0.1, 0.15) is 0 Å². The third-order valence-electron chi connectivity index (χ3n) is 3.35. The summed E-state index contributed by atoms with van der Waals surface area (Å²) in [6, 6.07) is 6.43. The molecule has 0 unspecified atom stereocenters. The summed E-state index contributed by atoms with van der Waals surface area (Å²) >= 11 is 0. The average molecular weight is 350 g/mol. The van der Waals surface area contributed by atoms with E-state index in [0.717, 1.165) is 0 Å². The lowest BCUT2D eigenvalue weighted by Crippen LogP contribution is -2.47. The van der Waals surface area contributed by atoms with Crippen molar-refractivity contribution in [1.82, 2.24) is 15.1 Å².